The van der Waals surface area contributed by atoms with Gasteiger partial charge in [-0.2, -0.15) is 0 Å². The van der Waals surface area contributed by atoms with Crippen molar-refractivity contribution in [2.45, 2.75) is 46.6 Å². The number of rotatable bonds is 2. The lowest BCUT2D eigenvalue weighted by Gasteiger charge is -2.39. The molecule has 1 aliphatic rings. The van der Waals surface area contributed by atoms with Gasteiger partial charge in [-0.05, 0) is 25.8 Å². The highest BCUT2D eigenvalue weighted by Crippen LogP contribution is 2.23. The van der Waals surface area contributed by atoms with Crippen molar-refractivity contribution in [1.82, 2.24) is 14.9 Å². The molecule has 1 fully saturated rings. The van der Waals surface area contributed by atoms with E-state index in [1.54, 1.807) is 6.20 Å². The molecule has 0 radical (unpaired) electrons. The van der Waals surface area contributed by atoms with Crippen molar-refractivity contribution >= 4 is 11.9 Å². The standard InChI is InChI=1S/C16H26N4O/c1-12-6-9-17-15(18-12)20-10-7-13(8-11-20)19(5)14(21)16(2,3)4/h6,9,13H,7-8,10-11H2,1-5H3. The molecule has 0 N–H and O–H groups in total. The normalized spacial score (nSPS) is 16.9. The summed E-state index contributed by atoms with van der Waals surface area (Å²) < 4.78 is 0. The van der Waals surface area contributed by atoms with E-state index < -0.39 is 0 Å². The van der Waals surface area contributed by atoms with E-state index in [-0.39, 0.29) is 11.3 Å². The van der Waals surface area contributed by atoms with Crippen molar-refractivity contribution < 1.29 is 4.79 Å². The first-order chi connectivity index (χ1) is 9.79. The van der Waals surface area contributed by atoms with Gasteiger partial charge in [0.2, 0.25) is 11.9 Å². The predicted octanol–water partition coefficient (Wildman–Crippen LogP) is 2.26. The second kappa shape index (κ2) is 6.00. The van der Waals surface area contributed by atoms with E-state index in [2.05, 4.69) is 14.9 Å². The maximum Gasteiger partial charge on any atom is 0.227 e. The fourth-order valence-electron chi connectivity index (χ4n) is 2.74. The van der Waals surface area contributed by atoms with Crippen molar-refractivity contribution in [3.05, 3.63) is 18.0 Å². The number of piperidine rings is 1. The predicted molar refractivity (Wildman–Crippen MR) is 84.2 cm³/mol. The molecule has 0 spiro atoms. The number of carbonyl (C=O) groups excluding carboxylic acids is 1. The van der Waals surface area contributed by atoms with Crippen molar-refractivity contribution in [3.63, 3.8) is 0 Å². The third-order valence-electron chi connectivity index (χ3n) is 4.04. The molecule has 116 valence electrons. The van der Waals surface area contributed by atoms with Crippen molar-refractivity contribution in [2.24, 2.45) is 5.41 Å². The summed E-state index contributed by atoms with van der Waals surface area (Å²) in [4.78, 5) is 25.3. The Kier molecular flexibility index (Phi) is 4.49. The molecule has 1 aliphatic heterocycles. The molecule has 0 saturated carbocycles. The number of anilines is 1. The highest BCUT2D eigenvalue weighted by molar-refractivity contribution is 5.81. The number of aryl methyl sites for hydroxylation is 1. The summed E-state index contributed by atoms with van der Waals surface area (Å²) in [6.45, 7) is 9.70. The molecule has 0 bridgehead atoms. The van der Waals surface area contributed by atoms with E-state index in [1.807, 2.05) is 45.7 Å². The number of hydrogen-bond acceptors (Lipinski definition) is 4. The van der Waals surface area contributed by atoms with Gasteiger partial charge in [0.15, 0.2) is 0 Å². The molecule has 1 aromatic heterocycles. The molecule has 0 atom stereocenters. The van der Waals surface area contributed by atoms with Crippen molar-refractivity contribution in [2.75, 3.05) is 25.0 Å². The molecule has 2 heterocycles. The lowest BCUT2D eigenvalue weighted by molar-refractivity contribution is -0.140. The fraction of sp³-hybridized carbons (Fsp3) is 0.688. The van der Waals surface area contributed by atoms with E-state index in [9.17, 15) is 4.79 Å². The summed E-state index contributed by atoms with van der Waals surface area (Å²) in [5.41, 5.74) is 0.674. The Morgan fingerprint density at radius 1 is 1.33 bits per heavy atom. The first-order valence-electron chi connectivity index (χ1n) is 7.61. The lowest BCUT2D eigenvalue weighted by atomic mass is 9.93. The number of aromatic nitrogens is 2. The highest BCUT2D eigenvalue weighted by atomic mass is 16.2. The molecule has 5 heteroatoms. The number of carbonyl (C=O) groups is 1. The molecule has 21 heavy (non-hydrogen) atoms. The average Bonchev–Trinajstić information content (AvgIpc) is 2.45. The van der Waals surface area contributed by atoms with Gasteiger partial charge >= 0.3 is 0 Å². The zero-order valence-corrected chi connectivity index (χ0v) is 13.8. The minimum absolute atomic E-state index is 0.216. The first kappa shape index (κ1) is 15.7. The van der Waals surface area contributed by atoms with Gasteiger partial charge in [-0.25, -0.2) is 9.97 Å². The van der Waals surface area contributed by atoms with E-state index in [4.69, 9.17) is 0 Å². The topological polar surface area (TPSA) is 49.3 Å². The van der Waals surface area contributed by atoms with Crippen LogP contribution in [0.5, 0.6) is 0 Å². The van der Waals surface area contributed by atoms with Gasteiger partial charge in [-0.3, -0.25) is 4.79 Å². The Labute approximate surface area is 127 Å². The summed E-state index contributed by atoms with van der Waals surface area (Å²) >= 11 is 0. The van der Waals surface area contributed by atoms with Crippen molar-refractivity contribution in [3.8, 4) is 0 Å². The van der Waals surface area contributed by atoms with Crippen LogP contribution < -0.4 is 4.90 Å². The molecule has 5 nitrogen and oxygen atoms in total. The van der Waals surface area contributed by atoms with Crippen LogP contribution >= 0.6 is 0 Å². The molecule has 1 aromatic rings. The summed E-state index contributed by atoms with van der Waals surface area (Å²) in [5, 5.41) is 0. The Morgan fingerprint density at radius 3 is 2.48 bits per heavy atom. The minimum atomic E-state index is -0.314. The van der Waals surface area contributed by atoms with Crippen LogP contribution in [-0.2, 0) is 4.79 Å². The first-order valence-corrected chi connectivity index (χ1v) is 7.61. The minimum Gasteiger partial charge on any atom is -0.342 e. The molecular weight excluding hydrogens is 264 g/mol. The molecule has 2 rings (SSSR count). The zero-order chi connectivity index (χ0) is 15.6. The lowest BCUT2D eigenvalue weighted by Crippen LogP contribution is -2.49. The van der Waals surface area contributed by atoms with Gasteiger partial charge in [-0.1, -0.05) is 20.8 Å². The van der Waals surface area contributed by atoms with Gasteiger partial charge < -0.3 is 9.80 Å². The van der Waals surface area contributed by atoms with Crippen LogP contribution in [0.25, 0.3) is 0 Å². The maximum absolute atomic E-state index is 12.3. The molecule has 0 aliphatic carbocycles. The van der Waals surface area contributed by atoms with Gasteiger partial charge in [0, 0.05) is 43.5 Å². The average molecular weight is 290 g/mol. The van der Waals surface area contributed by atoms with Crippen LogP contribution in [0.4, 0.5) is 5.95 Å². The zero-order valence-electron chi connectivity index (χ0n) is 13.8. The molecule has 0 aromatic carbocycles. The third kappa shape index (κ3) is 3.71. The quantitative estimate of drug-likeness (QED) is 0.838. The Hall–Kier alpha value is -1.65. The van der Waals surface area contributed by atoms with Gasteiger partial charge in [0.25, 0.3) is 0 Å². The van der Waals surface area contributed by atoms with Crippen LogP contribution in [0, 0.1) is 12.3 Å². The number of nitrogens with zero attached hydrogens (tertiary/aromatic N) is 4. The summed E-state index contributed by atoms with van der Waals surface area (Å²) in [5.74, 6) is 1.02. The second-order valence-electron chi connectivity index (χ2n) is 6.88. The summed E-state index contributed by atoms with van der Waals surface area (Å²) in [6, 6.07) is 2.23. The van der Waals surface area contributed by atoms with E-state index >= 15 is 0 Å². The third-order valence-corrected chi connectivity index (χ3v) is 4.04. The summed E-state index contributed by atoms with van der Waals surface area (Å²) in [6.07, 6.45) is 3.74. The Bertz CT molecular complexity index is 501. The van der Waals surface area contributed by atoms with E-state index in [0.29, 0.717) is 6.04 Å². The maximum atomic E-state index is 12.3. The monoisotopic (exact) mass is 290 g/mol. The van der Waals surface area contributed by atoms with E-state index in [0.717, 1.165) is 37.6 Å². The summed E-state index contributed by atoms with van der Waals surface area (Å²) in [7, 11) is 1.93. The van der Waals surface area contributed by atoms with Gasteiger partial charge in [0.05, 0.1) is 0 Å². The van der Waals surface area contributed by atoms with Crippen LogP contribution in [-0.4, -0.2) is 47.0 Å². The van der Waals surface area contributed by atoms with Gasteiger partial charge in [-0.15, -0.1) is 0 Å². The molecule has 0 unspecified atom stereocenters. The van der Waals surface area contributed by atoms with Crippen LogP contribution in [0.15, 0.2) is 12.3 Å². The molecule has 1 saturated heterocycles. The van der Waals surface area contributed by atoms with Gasteiger partial charge in [0.1, 0.15) is 0 Å². The van der Waals surface area contributed by atoms with Crippen LogP contribution in [0.3, 0.4) is 0 Å². The smallest absolute Gasteiger partial charge is 0.227 e. The van der Waals surface area contributed by atoms with Crippen molar-refractivity contribution in [1.29, 1.82) is 0 Å². The molecular formula is C16H26N4O. The fourth-order valence-corrected chi connectivity index (χ4v) is 2.74. The highest BCUT2D eigenvalue weighted by Gasteiger charge is 2.31. The Balaban J connectivity index is 1.96. The van der Waals surface area contributed by atoms with Crippen LogP contribution in [0.2, 0.25) is 0 Å². The number of amides is 1. The number of hydrogen-bond donors (Lipinski definition) is 0. The van der Waals surface area contributed by atoms with Crippen LogP contribution in [0.1, 0.15) is 39.3 Å². The second-order valence-corrected chi connectivity index (χ2v) is 6.88. The SMILES string of the molecule is Cc1ccnc(N2CCC(N(C)C(=O)C(C)(C)C)CC2)n1. The Morgan fingerprint density at radius 2 is 1.95 bits per heavy atom. The molecule has 1 amide bonds. The largest absolute Gasteiger partial charge is 0.342 e. The van der Waals surface area contributed by atoms with E-state index in [1.165, 1.54) is 0 Å².